The predicted octanol–water partition coefficient (Wildman–Crippen LogP) is 2.09. The van der Waals surface area contributed by atoms with Gasteiger partial charge >= 0.3 is 0 Å². The lowest BCUT2D eigenvalue weighted by Gasteiger charge is -2.07. The van der Waals surface area contributed by atoms with Crippen LogP contribution in [0.1, 0.15) is 23.7 Å². The van der Waals surface area contributed by atoms with Crippen LogP contribution >= 0.6 is 15.9 Å². The van der Waals surface area contributed by atoms with E-state index in [1.165, 1.54) is 18.2 Å². The molecule has 0 bridgehead atoms. The third-order valence-electron chi connectivity index (χ3n) is 2.42. The van der Waals surface area contributed by atoms with Gasteiger partial charge in [-0.25, -0.2) is 0 Å². The van der Waals surface area contributed by atoms with E-state index in [4.69, 9.17) is 0 Å². The Morgan fingerprint density at radius 3 is 2.74 bits per heavy atom. The summed E-state index contributed by atoms with van der Waals surface area (Å²) < 4.78 is 0.539. The molecule has 0 aliphatic carbocycles. The van der Waals surface area contributed by atoms with Crippen molar-refractivity contribution in [1.29, 1.82) is 0 Å². The molecule has 104 valence electrons. The Kier molecular flexibility index (Phi) is 6.44. The normalized spacial score (nSPS) is 10.2. The van der Waals surface area contributed by atoms with Crippen LogP contribution in [0, 0.1) is 10.1 Å². The number of amides is 1. The van der Waals surface area contributed by atoms with Crippen LogP contribution in [0.4, 0.5) is 5.69 Å². The van der Waals surface area contributed by atoms with Crippen molar-refractivity contribution in [3.8, 4) is 0 Å². The highest BCUT2D eigenvalue weighted by atomic mass is 79.9. The number of nitro groups is 1. The van der Waals surface area contributed by atoms with Gasteiger partial charge < -0.3 is 10.6 Å². The lowest BCUT2D eigenvalue weighted by Crippen LogP contribution is -2.32. The molecule has 2 N–H and O–H groups in total. The van der Waals surface area contributed by atoms with Crippen LogP contribution in [0.2, 0.25) is 0 Å². The molecular weight excluding hydrogens is 314 g/mol. The second-order valence-electron chi connectivity index (χ2n) is 3.93. The number of carbonyl (C=O) groups excluding carboxylic acids is 1. The second kappa shape index (κ2) is 7.85. The van der Waals surface area contributed by atoms with E-state index in [-0.39, 0.29) is 17.2 Å². The topological polar surface area (TPSA) is 84.3 Å². The largest absolute Gasteiger partial charge is 0.351 e. The molecule has 0 aliphatic rings. The number of halogens is 1. The van der Waals surface area contributed by atoms with Gasteiger partial charge in [-0.05, 0) is 35.0 Å². The van der Waals surface area contributed by atoms with E-state index >= 15 is 0 Å². The maximum Gasteiger partial charge on any atom is 0.270 e. The minimum absolute atomic E-state index is 0.0996. The molecule has 0 fully saturated rings. The Morgan fingerprint density at radius 1 is 1.37 bits per heavy atom. The number of hydrogen-bond donors (Lipinski definition) is 2. The number of nitro benzene ring substituents is 1. The molecule has 0 aliphatic heterocycles. The molecule has 0 heterocycles. The summed E-state index contributed by atoms with van der Waals surface area (Å²) in [4.78, 5) is 22.0. The maximum atomic E-state index is 11.9. The molecule has 0 saturated carbocycles. The van der Waals surface area contributed by atoms with Crippen molar-refractivity contribution in [2.24, 2.45) is 0 Å². The summed E-state index contributed by atoms with van der Waals surface area (Å²) in [5, 5.41) is 16.5. The molecule has 0 spiro atoms. The number of benzene rings is 1. The highest BCUT2D eigenvalue weighted by molar-refractivity contribution is 9.10. The summed E-state index contributed by atoms with van der Waals surface area (Å²) in [6, 6.07) is 4.12. The van der Waals surface area contributed by atoms with Gasteiger partial charge in [0, 0.05) is 29.7 Å². The molecule has 7 heteroatoms. The van der Waals surface area contributed by atoms with Crippen LogP contribution < -0.4 is 10.6 Å². The van der Waals surface area contributed by atoms with Crippen LogP contribution in [-0.2, 0) is 0 Å². The molecule has 1 aromatic carbocycles. The van der Waals surface area contributed by atoms with E-state index in [1.54, 1.807) is 0 Å². The van der Waals surface area contributed by atoms with Gasteiger partial charge in [0.05, 0.1) is 10.5 Å². The van der Waals surface area contributed by atoms with Crippen molar-refractivity contribution in [2.75, 3.05) is 19.6 Å². The molecule has 1 aromatic rings. The van der Waals surface area contributed by atoms with Crippen LogP contribution in [0.3, 0.4) is 0 Å². The van der Waals surface area contributed by atoms with Crippen molar-refractivity contribution in [3.05, 3.63) is 38.3 Å². The Hall–Kier alpha value is -1.47. The summed E-state index contributed by atoms with van der Waals surface area (Å²) in [5.74, 6) is -0.325. The fourth-order valence-electron chi connectivity index (χ4n) is 1.46. The number of nitrogens with zero attached hydrogens (tertiary/aromatic N) is 1. The number of rotatable bonds is 7. The first-order valence-corrected chi connectivity index (χ1v) is 6.78. The van der Waals surface area contributed by atoms with E-state index < -0.39 is 4.92 Å². The van der Waals surface area contributed by atoms with Crippen molar-refractivity contribution in [3.63, 3.8) is 0 Å². The van der Waals surface area contributed by atoms with Gasteiger partial charge in [0.2, 0.25) is 0 Å². The van der Waals surface area contributed by atoms with Gasteiger partial charge in [0.15, 0.2) is 0 Å². The average Bonchev–Trinajstić information content (AvgIpc) is 2.38. The van der Waals surface area contributed by atoms with Crippen molar-refractivity contribution >= 4 is 27.5 Å². The van der Waals surface area contributed by atoms with Gasteiger partial charge in [0.25, 0.3) is 11.6 Å². The number of nitrogens with one attached hydrogen (secondary N) is 2. The molecule has 0 atom stereocenters. The number of hydrogen-bond acceptors (Lipinski definition) is 4. The SMILES string of the molecule is CCCNCCNC(=O)c1cc([N+](=O)[O-])ccc1Br. The van der Waals surface area contributed by atoms with Crippen LogP contribution in [0.25, 0.3) is 0 Å². The van der Waals surface area contributed by atoms with Gasteiger partial charge in [-0.1, -0.05) is 6.92 Å². The summed E-state index contributed by atoms with van der Waals surface area (Å²) >= 11 is 3.21. The minimum atomic E-state index is -0.522. The Labute approximate surface area is 119 Å². The molecule has 1 amide bonds. The van der Waals surface area contributed by atoms with Crippen molar-refractivity contribution in [1.82, 2.24) is 10.6 Å². The summed E-state index contributed by atoms with van der Waals surface area (Å²) in [5.41, 5.74) is 0.169. The standard InChI is InChI=1S/C12H16BrN3O3/c1-2-5-14-6-7-15-12(17)10-8-9(16(18)19)3-4-11(10)13/h3-4,8,14H,2,5-7H2,1H3,(H,15,17). The van der Waals surface area contributed by atoms with Crippen LogP contribution in [0.5, 0.6) is 0 Å². The third kappa shape index (κ3) is 4.96. The monoisotopic (exact) mass is 329 g/mol. The van der Waals surface area contributed by atoms with Crippen molar-refractivity contribution in [2.45, 2.75) is 13.3 Å². The highest BCUT2D eigenvalue weighted by Crippen LogP contribution is 2.22. The zero-order valence-corrected chi connectivity index (χ0v) is 12.2. The molecule has 6 nitrogen and oxygen atoms in total. The molecule has 1 rings (SSSR count). The predicted molar refractivity (Wildman–Crippen MR) is 76.3 cm³/mol. The lowest BCUT2D eigenvalue weighted by molar-refractivity contribution is -0.384. The second-order valence-corrected chi connectivity index (χ2v) is 4.78. The van der Waals surface area contributed by atoms with Gasteiger partial charge in [-0.3, -0.25) is 14.9 Å². The fourth-order valence-corrected chi connectivity index (χ4v) is 1.89. The summed E-state index contributed by atoms with van der Waals surface area (Å²) in [6.45, 7) is 4.11. The lowest BCUT2D eigenvalue weighted by atomic mass is 10.2. The third-order valence-corrected chi connectivity index (χ3v) is 3.11. The van der Waals surface area contributed by atoms with E-state index in [2.05, 4.69) is 33.5 Å². The number of non-ortho nitro benzene ring substituents is 1. The van der Waals surface area contributed by atoms with E-state index in [0.29, 0.717) is 17.6 Å². The average molecular weight is 330 g/mol. The van der Waals surface area contributed by atoms with E-state index in [1.807, 2.05) is 0 Å². The van der Waals surface area contributed by atoms with Crippen molar-refractivity contribution < 1.29 is 9.72 Å². The van der Waals surface area contributed by atoms with Gasteiger partial charge in [0.1, 0.15) is 0 Å². The summed E-state index contributed by atoms with van der Waals surface area (Å²) in [6.07, 6.45) is 1.03. The molecule has 0 radical (unpaired) electrons. The minimum Gasteiger partial charge on any atom is -0.351 e. The number of carbonyl (C=O) groups is 1. The zero-order chi connectivity index (χ0) is 14.3. The Bertz CT molecular complexity index is 466. The fraction of sp³-hybridized carbons (Fsp3) is 0.417. The Morgan fingerprint density at radius 2 is 2.11 bits per heavy atom. The highest BCUT2D eigenvalue weighted by Gasteiger charge is 2.14. The summed E-state index contributed by atoms with van der Waals surface area (Å²) in [7, 11) is 0. The molecular formula is C12H16BrN3O3. The molecule has 0 aromatic heterocycles. The van der Waals surface area contributed by atoms with E-state index in [0.717, 1.165) is 13.0 Å². The molecule has 19 heavy (non-hydrogen) atoms. The van der Waals surface area contributed by atoms with Gasteiger partial charge in [-0.15, -0.1) is 0 Å². The first-order valence-electron chi connectivity index (χ1n) is 5.99. The van der Waals surface area contributed by atoms with Gasteiger partial charge in [-0.2, -0.15) is 0 Å². The molecule has 0 saturated heterocycles. The Balaban J connectivity index is 2.61. The zero-order valence-electron chi connectivity index (χ0n) is 10.6. The van der Waals surface area contributed by atoms with Crippen LogP contribution in [-0.4, -0.2) is 30.5 Å². The first-order chi connectivity index (χ1) is 9.06. The van der Waals surface area contributed by atoms with E-state index in [9.17, 15) is 14.9 Å². The first kappa shape index (κ1) is 15.6. The maximum absolute atomic E-state index is 11.9. The smallest absolute Gasteiger partial charge is 0.270 e. The quantitative estimate of drug-likeness (QED) is 0.455. The van der Waals surface area contributed by atoms with Crippen LogP contribution in [0.15, 0.2) is 22.7 Å². The molecule has 0 unspecified atom stereocenters.